The fourth-order valence-corrected chi connectivity index (χ4v) is 2.51. The van der Waals surface area contributed by atoms with Crippen LogP contribution in [0.1, 0.15) is 13.3 Å². The number of nitrogens with zero attached hydrogens (tertiary/aromatic N) is 2. The lowest BCUT2D eigenvalue weighted by Gasteiger charge is -2.13. The number of fused-ring (bicyclic) bond motifs is 3. The molecule has 0 bridgehead atoms. The Labute approximate surface area is 128 Å². The fraction of sp³-hybridized carbons (Fsp3) is 0.188. The summed E-state index contributed by atoms with van der Waals surface area (Å²) >= 11 is 5.32. The Morgan fingerprint density at radius 2 is 1.90 bits per heavy atom. The van der Waals surface area contributed by atoms with E-state index in [1.54, 1.807) is 12.4 Å². The van der Waals surface area contributed by atoms with Crippen LogP contribution in [0, 0.1) is 0 Å². The van der Waals surface area contributed by atoms with Gasteiger partial charge < -0.3 is 10.6 Å². The van der Waals surface area contributed by atoms with Gasteiger partial charge in [0.05, 0.1) is 16.7 Å². The zero-order valence-electron chi connectivity index (χ0n) is 11.8. The number of hydrogen-bond acceptors (Lipinski definition) is 3. The van der Waals surface area contributed by atoms with E-state index >= 15 is 0 Å². The summed E-state index contributed by atoms with van der Waals surface area (Å²) in [7, 11) is 0. The van der Waals surface area contributed by atoms with Crippen molar-refractivity contribution < 1.29 is 0 Å². The highest BCUT2D eigenvalue weighted by Crippen LogP contribution is 2.29. The Bertz CT molecular complexity index is 800. The molecule has 3 aromatic rings. The SMILES string of the molecule is CCCNC(=S)Nc1cc2ncccc2c2cccnc12. The van der Waals surface area contributed by atoms with Crippen molar-refractivity contribution in [3.05, 3.63) is 42.7 Å². The molecule has 4 nitrogen and oxygen atoms in total. The third-order valence-corrected chi connectivity index (χ3v) is 3.50. The number of pyridine rings is 2. The normalized spacial score (nSPS) is 10.7. The van der Waals surface area contributed by atoms with Crippen molar-refractivity contribution in [3.63, 3.8) is 0 Å². The van der Waals surface area contributed by atoms with Crippen molar-refractivity contribution in [3.8, 4) is 0 Å². The molecule has 0 fully saturated rings. The molecular weight excluding hydrogens is 280 g/mol. The zero-order chi connectivity index (χ0) is 14.7. The first-order valence-electron chi connectivity index (χ1n) is 6.97. The predicted octanol–water partition coefficient (Wildman–Crippen LogP) is 3.48. The van der Waals surface area contributed by atoms with Crippen molar-refractivity contribution in [1.29, 1.82) is 0 Å². The van der Waals surface area contributed by atoms with Gasteiger partial charge in [-0.2, -0.15) is 0 Å². The highest BCUT2D eigenvalue weighted by molar-refractivity contribution is 7.80. The maximum absolute atomic E-state index is 5.32. The molecule has 5 heteroatoms. The van der Waals surface area contributed by atoms with Gasteiger partial charge in [-0.15, -0.1) is 0 Å². The van der Waals surface area contributed by atoms with Crippen LogP contribution in [0.3, 0.4) is 0 Å². The average Bonchev–Trinajstić information content (AvgIpc) is 2.53. The monoisotopic (exact) mass is 296 g/mol. The second kappa shape index (κ2) is 6.01. The molecule has 21 heavy (non-hydrogen) atoms. The zero-order valence-corrected chi connectivity index (χ0v) is 12.6. The molecule has 2 N–H and O–H groups in total. The minimum Gasteiger partial charge on any atom is -0.362 e. The van der Waals surface area contributed by atoms with Crippen molar-refractivity contribution in [2.24, 2.45) is 0 Å². The summed E-state index contributed by atoms with van der Waals surface area (Å²) in [6, 6.07) is 9.98. The Hall–Kier alpha value is -2.27. The summed E-state index contributed by atoms with van der Waals surface area (Å²) in [6.07, 6.45) is 4.61. The molecule has 0 aliphatic heterocycles. The molecule has 2 aromatic heterocycles. The first-order valence-corrected chi connectivity index (χ1v) is 7.37. The van der Waals surface area contributed by atoms with Crippen LogP contribution in [-0.4, -0.2) is 21.6 Å². The quantitative estimate of drug-likeness (QED) is 0.572. The van der Waals surface area contributed by atoms with Gasteiger partial charge >= 0.3 is 0 Å². The summed E-state index contributed by atoms with van der Waals surface area (Å²) in [5.41, 5.74) is 2.71. The molecule has 1 aromatic carbocycles. The third-order valence-electron chi connectivity index (χ3n) is 3.26. The van der Waals surface area contributed by atoms with E-state index in [9.17, 15) is 0 Å². The number of nitrogens with one attached hydrogen (secondary N) is 2. The molecule has 0 unspecified atom stereocenters. The molecule has 106 valence electrons. The molecular formula is C16H16N4S. The second-order valence-electron chi connectivity index (χ2n) is 4.77. The van der Waals surface area contributed by atoms with Crippen LogP contribution in [0.5, 0.6) is 0 Å². The summed E-state index contributed by atoms with van der Waals surface area (Å²) in [5.74, 6) is 0. The van der Waals surface area contributed by atoms with Crippen LogP contribution in [0.4, 0.5) is 5.69 Å². The van der Waals surface area contributed by atoms with Crippen LogP contribution in [0.15, 0.2) is 42.7 Å². The summed E-state index contributed by atoms with van der Waals surface area (Å²) in [5, 5.41) is 9.17. The van der Waals surface area contributed by atoms with E-state index in [2.05, 4.69) is 39.7 Å². The average molecular weight is 296 g/mol. The maximum Gasteiger partial charge on any atom is 0.170 e. The number of benzene rings is 1. The lowest BCUT2D eigenvalue weighted by Crippen LogP contribution is -2.29. The minimum atomic E-state index is 0.610. The van der Waals surface area contributed by atoms with E-state index < -0.39 is 0 Å². The number of rotatable bonds is 3. The molecule has 0 saturated heterocycles. The topological polar surface area (TPSA) is 49.8 Å². The Morgan fingerprint density at radius 3 is 2.71 bits per heavy atom. The molecule has 0 radical (unpaired) electrons. The molecule has 0 aliphatic carbocycles. The minimum absolute atomic E-state index is 0.610. The van der Waals surface area contributed by atoms with Crippen LogP contribution in [0.25, 0.3) is 21.8 Å². The molecule has 0 aliphatic rings. The van der Waals surface area contributed by atoms with Crippen molar-refractivity contribution >= 4 is 44.8 Å². The van der Waals surface area contributed by atoms with Crippen LogP contribution >= 0.6 is 12.2 Å². The van der Waals surface area contributed by atoms with E-state index in [0.29, 0.717) is 5.11 Å². The predicted molar refractivity (Wildman–Crippen MR) is 91.6 cm³/mol. The van der Waals surface area contributed by atoms with E-state index in [4.69, 9.17) is 12.2 Å². The molecule has 0 amide bonds. The molecule has 0 atom stereocenters. The standard InChI is InChI=1S/C16H16N4S/c1-2-7-19-16(21)20-14-10-13-11(5-3-8-17-13)12-6-4-9-18-15(12)14/h3-6,8-10H,2,7H2,1H3,(H2,19,20,21). The van der Waals surface area contributed by atoms with Gasteiger partial charge in [0, 0.05) is 29.7 Å². The van der Waals surface area contributed by atoms with E-state index in [1.165, 1.54) is 0 Å². The number of anilines is 1. The fourth-order valence-electron chi connectivity index (χ4n) is 2.30. The van der Waals surface area contributed by atoms with Gasteiger partial charge in [-0.05, 0) is 36.8 Å². The van der Waals surface area contributed by atoms with Crippen LogP contribution in [-0.2, 0) is 0 Å². The van der Waals surface area contributed by atoms with Gasteiger partial charge in [-0.1, -0.05) is 19.1 Å². The van der Waals surface area contributed by atoms with E-state index in [0.717, 1.165) is 40.5 Å². The number of thiocarbonyl (C=S) groups is 1. The third kappa shape index (κ3) is 2.78. The summed E-state index contributed by atoms with van der Waals surface area (Å²) in [6.45, 7) is 2.95. The molecule has 0 spiro atoms. The molecule has 0 saturated carbocycles. The van der Waals surface area contributed by atoms with Gasteiger partial charge in [0.25, 0.3) is 0 Å². The lowest BCUT2D eigenvalue weighted by molar-refractivity contribution is 0.846. The Balaban J connectivity index is 2.10. The first kappa shape index (κ1) is 13.7. The smallest absolute Gasteiger partial charge is 0.170 e. The highest BCUT2D eigenvalue weighted by Gasteiger charge is 2.09. The van der Waals surface area contributed by atoms with Gasteiger partial charge in [-0.3, -0.25) is 9.97 Å². The first-order chi connectivity index (χ1) is 10.3. The highest BCUT2D eigenvalue weighted by atomic mass is 32.1. The number of hydrogen-bond donors (Lipinski definition) is 2. The Morgan fingerprint density at radius 1 is 1.14 bits per heavy atom. The Kier molecular flexibility index (Phi) is 3.92. The van der Waals surface area contributed by atoms with Crippen LogP contribution in [0.2, 0.25) is 0 Å². The van der Waals surface area contributed by atoms with E-state index in [-0.39, 0.29) is 0 Å². The van der Waals surface area contributed by atoms with E-state index in [1.807, 2.05) is 18.2 Å². The largest absolute Gasteiger partial charge is 0.362 e. The van der Waals surface area contributed by atoms with Gasteiger partial charge in [-0.25, -0.2) is 0 Å². The van der Waals surface area contributed by atoms with Crippen LogP contribution < -0.4 is 10.6 Å². The lowest BCUT2D eigenvalue weighted by atomic mass is 10.1. The maximum atomic E-state index is 5.32. The van der Waals surface area contributed by atoms with Gasteiger partial charge in [0.1, 0.15) is 0 Å². The molecule has 2 heterocycles. The summed E-state index contributed by atoms with van der Waals surface area (Å²) in [4.78, 5) is 8.92. The van der Waals surface area contributed by atoms with Crippen molar-refractivity contribution in [1.82, 2.24) is 15.3 Å². The second-order valence-corrected chi connectivity index (χ2v) is 5.18. The van der Waals surface area contributed by atoms with Gasteiger partial charge in [0.15, 0.2) is 5.11 Å². The van der Waals surface area contributed by atoms with Crippen molar-refractivity contribution in [2.45, 2.75) is 13.3 Å². The number of aromatic nitrogens is 2. The molecule has 3 rings (SSSR count). The van der Waals surface area contributed by atoms with Gasteiger partial charge in [0.2, 0.25) is 0 Å². The van der Waals surface area contributed by atoms with Crippen molar-refractivity contribution in [2.75, 3.05) is 11.9 Å². The summed E-state index contributed by atoms with van der Waals surface area (Å²) < 4.78 is 0.